The normalized spacial score (nSPS) is 11.1. The van der Waals surface area contributed by atoms with Crippen LogP contribution in [0.2, 0.25) is 0 Å². The van der Waals surface area contributed by atoms with Crippen LogP contribution in [-0.2, 0) is 6.54 Å². The lowest BCUT2D eigenvalue weighted by Gasteiger charge is -2.05. The summed E-state index contributed by atoms with van der Waals surface area (Å²) in [5, 5.41) is 3.33. The van der Waals surface area contributed by atoms with Crippen LogP contribution in [0.4, 0.5) is 0 Å². The van der Waals surface area contributed by atoms with Gasteiger partial charge in [0.25, 0.3) is 0 Å². The highest BCUT2D eigenvalue weighted by atomic mass is 79.9. The van der Waals surface area contributed by atoms with Crippen molar-refractivity contribution >= 4 is 15.9 Å². The number of H-pyrrole nitrogens is 1. The molecule has 0 unspecified atom stereocenters. The maximum atomic E-state index is 4.36. The predicted molar refractivity (Wildman–Crippen MR) is 73.7 cm³/mol. The number of benzene rings is 1. The summed E-state index contributed by atoms with van der Waals surface area (Å²) in [5.74, 6) is 0.969. The Labute approximate surface area is 110 Å². The molecule has 0 amide bonds. The number of hydrogen-bond donors (Lipinski definition) is 2. The lowest BCUT2D eigenvalue weighted by molar-refractivity contribution is 0.575. The fourth-order valence-electron chi connectivity index (χ4n) is 1.53. The Morgan fingerprint density at radius 1 is 1.29 bits per heavy atom. The summed E-state index contributed by atoms with van der Waals surface area (Å²) in [4.78, 5) is 7.67. The molecule has 0 bridgehead atoms. The van der Waals surface area contributed by atoms with E-state index >= 15 is 0 Å². The van der Waals surface area contributed by atoms with Crippen LogP contribution in [0.3, 0.4) is 0 Å². The zero-order valence-electron chi connectivity index (χ0n) is 10.00. The minimum absolute atomic E-state index is 0.469. The van der Waals surface area contributed by atoms with Gasteiger partial charge < -0.3 is 10.3 Å². The van der Waals surface area contributed by atoms with Crippen LogP contribution in [0.25, 0.3) is 11.3 Å². The number of hydrogen-bond acceptors (Lipinski definition) is 2. The molecule has 0 saturated carbocycles. The Bertz CT molecular complexity index is 474. The first-order valence-electron chi connectivity index (χ1n) is 5.68. The van der Waals surface area contributed by atoms with Gasteiger partial charge in [0.05, 0.1) is 18.4 Å². The molecule has 90 valence electrons. The van der Waals surface area contributed by atoms with Crippen molar-refractivity contribution in [1.29, 1.82) is 0 Å². The molecule has 1 aromatic carbocycles. The van der Waals surface area contributed by atoms with E-state index in [9.17, 15) is 0 Å². The van der Waals surface area contributed by atoms with Gasteiger partial charge in [-0.05, 0) is 17.7 Å². The number of imidazole rings is 1. The predicted octanol–water partition coefficient (Wildman–Crippen LogP) is 3.34. The first-order chi connectivity index (χ1) is 8.15. The summed E-state index contributed by atoms with van der Waals surface area (Å²) in [6, 6.07) is 8.66. The molecule has 2 rings (SSSR count). The van der Waals surface area contributed by atoms with Crippen molar-refractivity contribution < 1.29 is 0 Å². The lowest BCUT2D eigenvalue weighted by atomic mass is 10.2. The lowest BCUT2D eigenvalue weighted by Crippen LogP contribution is -2.22. The van der Waals surface area contributed by atoms with Gasteiger partial charge in [0, 0.05) is 10.5 Å². The second-order valence-corrected chi connectivity index (χ2v) is 5.20. The molecule has 1 aromatic heterocycles. The van der Waals surface area contributed by atoms with E-state index in [1.807, 2.05) is 18.3 Å². The quantitative estimate of drug-likeness (QED) is 0.908. The third-order valence-corrected chi connectivity index (χ3v) is 2.99. The minimum Gasteiger partial charge on any atom is -0.341 e. The van der Waals surface area contributed by atoms with E-state index in [0.29, 0.717) is 6.04 Å². The average Bonchev–Trinajstić information content (AvgIpc) is 2.76. The highest BCUT2D eigenvalue weighted by Gasteiger charge is 2.03. The summed E-state index contributed by atoms with van der Waals surface area (Å²) in [6.45, 7) is 5.02. The zero-order chi connectivity index (χ0) is 12.3. The first kappa shape index (κ1) is 12.3. The van der Waals surface area contributed by atoms with Gasteiger partial charge >= 0.3 is 0 Å². The maximum absolute atomic E-state index is 4.36. The Morgan fingerprint density at radius 2 is 2.00 bits per heavy atom. The van der Waals surface area contributed by atoms with E-state index < -0.39 is 0 Å². The molecule has 0 fully saturated rings. The van der Waals surface area contributed by atoms with Crippen LogP contribution in [0.5, 0.6) is 0 Å². The van der Waals surface area contributed by atoms with Gasteiger partial charge in [0.1, 0.15) is 5.82 Å². The van der Waals surface area contributed by atoms with Crippen molar-refractivity contribution in [3.63, 3.8) is 0 Å². The molecular formula is C13H16BrN3. The number of aromatic amines is 1. The van der Waals surface area contributed by atoms with Crippen LogP contribution in [0.15, 0.2) is 34.9 Å². The number of aromatic nitrogens is 2. The van der Waals surface area contributed by atoms with Crippen molar-refractivity contribution in [2.75, 3.05) is 0 Å². The van der Waals surface area contributed by atoms with Crippen molar-refractivity contribution in [2.45, 2.75) is 26.4 Å². The van der Waals surface area contributed by atoms with Gasteiger partial charge in [-0.1, -0.05) is 41.9 Å². The van der Waals surface area contributed by atoms with E-state index in [1.165, 1.54) is 0 Å². The highest BCUT2D eigenvalue weighted by molar-refractivity contribution is 9.10. The fourth-order valence-corrected chi connectivity index (χ4v) is 1.79. The first-order valence-corrected chi connectivity index (χ1v) is 6.47. The smallest absolute Gasteiger partial charge is 0.120 e. The zero-order valence-corrected chi connectivity index (χ0v) is 11.6. The number of halogens is 1. The monoisotopic (exact) mass is 293 g/mol. The van der Waals surface area contributed by atoms with Gasteiger partial charge in [-0.2, -0.15) is 0 Å². The number of rotatable bonds is 4. The van der Waals surface area contributed by atoms with Crippen molar-refractivity contribution in [2.24, 2.45) is 0 Å². The molecule has 0 radical (unpaired) electrons. The van der Waals surface area contributed by atoms with E-state index in [4.69, 9.17) is 0 Å². The third kappa shape index (κ3) is 3.41. The largest absolute Gasteiger partial charge is 0.341 e. The second-order valence-electron chi connectivity index (χ2n) is 4.29. The third-order valence-electron chi connectivity index (χ3n) is 2.46. The van der Waals surface area contributed by atoms with Gasteiger partial charge in [-0.3, -0.25) is 0 Å². The Kier molecular flexibility index (Phi) is 3.97. The number of nitrogens with zero attached hydrogens (tertiary/aromatic N) is 1. The van der Waals surface area contributed by atoms with Crippen LogP contribution >= 0.6 is 15.9 Å². The van der Waals surface area contributed by atoms with Crippen LogP contribution in [0, 0.1) is 0 Å². The van der Waals surface area contributed by atoms with Crippen LogP contribution in [-0.4, -0.2) is 16.0 Å². The summed E-state index contributed by atoms with van der Waals surface area (Å²) in [7, 11) is 0. The molecule has 0 aliphatic rings. The standard InChI is InChI=1S/C13H16BrN3/c1-9(2)15-8-13-16-7-12(17-13)10-3-5-11(14)6-4-10/h3-7,9,15H,8H2,1-2H3,(H,16,17). The molecule has 2 aromatic rings. The summed E-state index contributed by atoms with van der Waals surface area (Å²) in [5.41, 5.74) is 2.20. The van der Waals surface area contributed by atoms with Crippen LogP contribution in [0.1, 0.15) is 19.7 Å². The van der Waals surface area contributed by atoms with E-state index in [-0.39, 0.29) is 0 Å². The minimum atomic E-state index is 0.469. The average molecular weight is 294 g/mol. The number of nitrogens with one attached hydrogen (secondary N) is 2. The molecule has 17 heavy (non-hydrogen) atoms. The Morgan fingerprint density at radius 3 is 2.65 bits per heavy atom. The van der Waals surface area contributed by atoms with E-state index in [2.05, 4.69) is 57.2 Å². The van der Waals surface area contributed by atoms with Gasteiger partial charge in [-0.25, -0.2) is 4.98 Å². The molecule has 3 nitrogen and oxygen atoms in total. The van der Waals surface area contributed by atoms with Gasteiger partial charge in [0.15, 0.2) is 0 Å². The van der Waals surface area contributed by atoms with Gasteiger partial charge in [0.2, 0.25) is 0 Å². The highest BCUT2D eigenvalue weighted by Crippen LogP contribution is 2.19. The molecular weight excluding hydrogens is 278 g/mol. The van der Waals surface area contributed by atoms with Crippen molar-refractivity contribution in [3.8, 4) is 11.3 Å². The molecule has 2 N–H and O–H groups in total. The summed E-state index contributed by atoms with van der Waals surface area (Å²) in [6.07, 6.45) is 1.88. The molecule has 0 aliphatic carbocycles. The van der Waals surface area contributed by atoms with Crippen molar-refractivity contribution in [1.82, 2.24) is 15.3 Å². The SMILES string of the molecule is CC(C)NCc1ncc(-c2ccc(Br)cc2)[nH]1. The molecule has 1 heterocycles. The summed E-state index contributed by atoms with van der Waals surface area (Å²) < 4.78 is 1.09. The Hall–Kier alpha value is -1.13. The molecule has 4 heteroatoms. The topological polar surface area (TPSA) is 40.7 Å². The molecule has 0 saturated heterocycles. The Balaban J connectivity index is 2.10. The van der Waals surface area contributed by atoms with Gasteiger partial charge in [-0.15, -0.1) is 0 Å². The van der Waals surface area contributed by atoms with Crippen molar-refractivity contribution in [3.05, 3.63) is 40.8 Å². The second kappa shape index (κ2) is 5.47. The molecule has 0 atom stereocenters. The summed E-state index contributed by atoms with van der Waals surface area (Å²) >= 11 is 3.43. The molecule has 0 spiro atoms. The maximum Gasteiger partial charge on any atom is 0.120 e. The van der Waals surface area contributed by atoms with E-state index in [0.717, 1.165) is 28.1 Å². The van der Waals surface area contributed by atoms with Crippen LogP contribution < -0.4 is 5.32 Å². The fraction of sp³-hybridized carbons (Fsp3) is 0.308. The molecule has 0 aliphatic heterocycles. The van der Waals surface area contributed by atoms with E-state index in [1.54, 1.807) is 0 Å².